The predicted octanol–water partition coefficient (Wildman–Crippen LogP) is 2.42. The van der Waals surface area contributed by atoms with Crippen LogP contribution in [-0.4, -0.2) is 26.4 Å². The third-order valence-electron chi connectivity index (χ3n) is 2.24. The van der Waals surface area contributed by atoms with Gasteiger partial charge in [-0.1, -0.05) is 38.1 Å². The molecule has 112 valence electrons. The lowest BCUT2D eigenvalue weighted by Crippen LogP contribution is -2.23. The van der Waals surface area contributed by atoms with Crippen LogP contribution in [0.1, 0.15) is 25.0 Å². The maximum atomic E-state index is 10.9. The fourth-order valence-corrected chi connectivity index (χ4v) is 1.34. The summed E-state index contributed by atoms with van der Waals surface area (Å²) in [5.74, 6) is 0. The minimum atomic E-state index is -0.479. The van der Waals surface area contributed by atoms with Gasteiger partial charge in [0.1, 0.15) is 0 Å². The number of rotatable bonds is 4. The number of amides is 2. The molecule has 0 unspecified atom stereocenters. The maximum Gasteiger partial charge on any atom is 0.407 e. The topological polar surface area (TPSA) is 76.7 Å². The van der Waals surface area contributed by atoms with Crippen molar-refractivity contribution in [3.8, 4) is 0 Å². The molecular formula is C14H22N2O4. The first-order valence-corrected chi connectivity index (χ1v) is 6.37. The molecule has 0 spiro atoms. The summed E-state index contributed by atoms with van der Waals surface area (Å²) in [6, 6.07) is 7.48. The van der Waals surface area contributed by atoms with Crippen molar-refractivity contribution in [1.29, 1.82) is 0 Å². The Labute approximate surface area is 119 Å². The summed E-state index contributed by atoms with van der Waals surface area (Å²) in [7, 11) is 2.62. The van der Waals surface area contributed by atoms with E-state index in [0.717, 1.165) is 11.1 Å². The number of carbonyl (C=O) groups excluding carboxylic acids is 2. The van der Waals surface area contributed by atoms with Crippen molar-refractivity contribution in [2.75, 3.05) is 14.2 Å². The van der Waals surface area contributed by atoms with E-state index in [-0.39, 0.29) is 0 Å². The zero-order valence-electron chi connectivity index (χ0n) is 12.4. The molecule has 0 aliphatic rings. The molecule has 6 nitrogen and oxygen atoms in total. The van der Waals surface area contributed by atoms with Crippen LogP contribution >= 0.6 is 0 Å². The van der Waals surface area contributed by atoms with Gasteiger partial charge in [0.2, 0.25) is 0 Å². The molecule has 0 saturated carbocycles. The van der Waals surface area contributed by atoms with Crippen LogP contribution in [0.5, 0.6) is 0 Å². The molecule has 0 aliphatic carbocycles. The standard InChI is InChI=1S/C12H16N2O4.C2H6/c1-17-11(15)13-7-9-4-3-5-10(6-9)8-14-12(16)18-2;1-2/h3-6H,7-8H2,1-2H3,(H,13,15)(H,14,16);1-2H3. The lowest BCUT2D eigenvalue weighted by atomic mass is 10.1. The molecule has 0 heterocycles. The van der Waals surface area contributed by atoms with Gasteiger partial charge < -0.3 is 20.1 Å². The number of carbonyl (C=O) groups is 2. The maximum absolute atomic E-state index is 10.9. The molecule has 0 aliphatic heterocycles. The lowest BCUT2D eigenvalue weighted by Gasteiger charge is -2.07. The normalized spacial score (nSPS) is 8.80. The molecule has 0 aromatic heterocycles. The van der Waals surface area contributed by atoms with Gasteiger partial charge in [0.25, 0.3) is 0 Å². The Bertz CT molecular complexity index is 386. The average molecular weight is 282 g/mol. The van der Waals surface area contributed by atoms with E-state index in [2.05, 4.69) is 20.1 Å². The van der Waals surface area contributed by atoms with Gasteiger partial charge >= 0.3 is 12.2 Å². The highest BCUT2D eigenvalue weighted by Crippen LogP contribution is 2.05. The Morgan fingerprint density at radius 1 is 0.950 bits per heavy atom. The molecule has 0 fully saturated rings. The van der Waals surface area contributed by atoms with Crippen LogP contribution in [0.4, 0.5) is 9.59 Å². The Hall–Kier alpha value is -2.24. The highest BCUT2D eigenvalue weighted by Gasteiger charge is 2.02. The summed E-state index contributed by atoms with van der Waals surface area (Å²) >= 11 is 0. The SMILES string of the molecule is CC.COC(=O)NCc1cccc(CNC(=O)OC)c1. The quantitative estimate of drug-likeness (QED) is 0.889. The second-order valence-corrected chi connectivity index (χ2v) is 3.51. The van der Waals surface area contributed by atoms with E-state index in [1.165, 1.54) is 14.2 Å². The van der Waals surface area contributed by atoms with Gasteiger partial charge in [0.15, 0.2) is 0 Å². The highest BCUT2D eigenvalue weighted by molar-refractivity contribution is 5.67. The first-order chi connectivity index (χ1) is 9.65. The number of ether oxygens (including phenoxy) is 2. The smallest absolute Gasteiger partial charge is 0.407 e. The van der Waals surface area contributed by atoms with Crippen LogP contribution in [0.25, 0.3) is 0 Å². The fraction of sp³-hybridized carbons (Fsp3) is 0.429. The number of hydrogen-bond acceptors (Lipinski definition) is 4. The van der Waals surface area contributed by atoms with Crippen LogP contribution in [0, 0.1) is 0 Å². The third-order valence-corrected chi connectivity index (χ3v) is 2.24. The van der Waals surface area contributed by atoms with Crippen molar-refractivity contribution in [3.05, 3.63) is 35.4 Å². The average Bonchev–Trinajstić information content (AvgIpc) is 2.52. The summed E-state index contributed by atoms with van der Waals surface area (Å²) in [6.07, 6.45) is -0.957. The molecule has 0 radical (unpaired) electrons. The van der Waals surface area contributed by atoms with Crippen LogP contribution in [-0.2, 0) is 22.6 Å². The Morgan fingerprint density at radius 2 is 1.35 bits per heavy atom. The van der Waals surface area contributed by atoms with Crippen molar-refractivity contribution in [2.45, 2.75) is 26.9 Å². The molecular weight excluding hydrogens is 260 g/mol. The zero-order valence-corrected chi connectivity index (χ0v) is 12.4. The Balaban J connectivity index is 0.00000172. The van der Waals surface area contributed by atoms with Crippen molar-refractivity contribution in [3.63, 3.8) is 0 Å². The van der Waals surface area contributed by atoms with Gasteiger partial charge in [-0.3, -0.25) is 0 Å². The van der Waals surface area contributed by atoms with Crippen molar-refractivity contribution in [1.82, 2.24) is 10.6 Å². The largest absolute Gasteiger partial charge is 0.453 e. The van der Waals surface area contributed by atoms with Gasteiger partial charge in [-0.15, -0.1) is 0 Å². The minimum Gasteiger partial charge on any atom is -0.453 e. The number of benzene rings is 1. The van der Waals surface area contributed by atoms with Gasteiger partial charge in [0, 0.05) is 13.1 Å². The van der Waals surface area contributed by atoms with Gasteiger partial charge in [-0.2, -0.15) is 0 Å². The lowest BCUT2D eigenvalue weighted by molar-refractivity contribution is 0.170. The summed E-state index contributed by atoms with van der Waals surface area (Å²) < 4.78 is 8.94. The summed E-state index contributed by atoms with van der Waals surface area (Å²) in [6.45, 7) is 4.75. The molecule has 6 heteroatoms. The van der Waals surface area contributed by atoms with Gasteiger partial charge in [-0.25, -0.2) is 9.59 Å². The zero-order chi connectivity index (χ0) is 15.4. The Kier molecular flexibility index (Phi) is 9.47. The second kappa shape index (κ2) is 10.7. The van der Waals surface area contributed by atoms with E-state index in [1.54, 1.807) is 0 Å². The molecule has 1 aromatic rings. The van der Waals surface area contributed by atoms with Crippen LogP contribution in [0.2, 0.25) is 0 Å². The first kappa shape index (κ1) is 17.8. The van der Waals surface area contributed by atoms with Crippen LogP contribution < -0.4 is 10.6 Å². The predicted molar refractivity (Wildman–Crippen MR) is 76.3 cm³/mol. The van der Waals surface area contributed by atoms with E-state index in [1.807, 2.05) is 38.1 Å². The molecule has 0 atom stereocenters. The fourth-order valence-electron chi connectivity index (χ4n) is 1.34. The molecule has 20 heavy (non-hydrogen) atoms. The van der Waals surface area contributed by atoms with E-state index < -0.39 is 12.2 Å². The van der Waals surface area contributed by atoms with Crippen molar-refractivity contribution < 1.29 is 19.1 Å². The second-order valence-electron chi connectivity index (χ2n) is 3.51. The highest BCUT2D eigenvalue weighted by atomic mass is 16.5. The number of nitrogens with one attached hydrogen (secondary N) is 2. The summed E-state index contributed by atoms with van der Waals surface area (Å²) in [4.78, 5) is 21.8. The van der Waals surface area contributed by atoms with E-state index in [9.17, 15) is 9.59 Å². The minimum absolute atomic E-state index is 0.374. The molecule has 0 saturated heterocycles. The number of methoxy groups -OCH3 is 2. The van der Waals surface area contributed by atoms with Gasteiger partial charge in [-0.05, 0) is 11.1 Å². The number of hydrogen-bond donors (Lipinski definition) is 2. The molecule has 2 N–H and O–H groups in total. The van der Waals surface area contributed by atoms with Crippen LogP contribution in [0.15, 0.2) is 24.3 Å². The summed E-state index contributed by atoms with van der Waals surface area (Å²) in [5.41, 5.74) is 1.84. The third kappa shape index (κ3) is 7.25. The van der Waals surface area contributed by atoms with E-state index >= 15 is 0 Å². The van der Waals surface area contributed by atoms with Crippen LogP contribution in [0.3, 0.4) is 0 Å². The summed E-state index contributed by atoms with van der Waals surface area (Å²) in [5, 5.41) is 5.16. The first-order valence-electron chi connectivity index (χ1n) is 6.37. The molecule has 1 rings (SSSR count). The van der Waals surface area contributed by atoms with Crippen molar-refractivity contribution >= 4 is 12.2 Å². The van der Waals surface area contributed by atoms with Crippen molar-refractivity contribution in [2.24, 2.45) is 0 Å². The van der Waals surface area contributed by atoms with Gasteiger partial charge in [0.05, 0.1) is 14.2 Å². The molecule has 1 aromatic carbocycles. The molecule has 2 amide bonds. The molecule has 0 bridgehead atoms. The number of alkyl carbamates (subject to hydrolysis) is 2. The monoisotopic (exact) mass is 282 g/mol. The van der Waals surface area contributed by atoms with E-state index in [0.29, 0.717) is 13.1 Å². The van der Waals surface area contributed by atoms with E-state index in [4.69, 9.17) is 0 Å². The Morgan fingerprint density at radius 3 is 1.70 bits per heavy atom.